The number of hydrogen-bond acceptors (Lipinski definition) is 8. The smallest absolute Gasteiger partial charge is 0.254 e. The molecule has 9 heteroatoms. The zero-order chi connectivity index (χ0) is 20.1. The number of rotatable bonds is 6. The molecule has 1 aliphatic rings. The van der Waals surface area contributed by atoms with Crippen LogP contribution in [0.3, 0.4) is 0 Å². The maximum absolute atomic E-state index is 11.8. The number of benzene rings is 1. The molecule has 0 aliphatic carbocycles. The first kappa shape index (κ1) is 19.5. The number of carbonyl (C=O) groups excluding carboxylic acids is 1. The van der Waals surface area contributed by atoms with Gasteiger partial charge in [-0.15, -0.1) is 0 Å². The molecule has 2 aromatic rings. The summed E-state index contributed by atoms with van der Waals surface area (Å²) in [5.41, 5.74) is 6.91. The Kier molecular flexibility index (Phi) is 6.03. The van der Waals surface area contributed by atoms with Gasteiger partial charge in [-0.2, -0.15) is 10.2 Å². The van der Waals surface area contributed by atoms with Crippen molar-refractivity contribution in [1.29, 1.82) is 5.26 Å². The molecule has 2 unspecified atom stereocenters. The molecule has 1 aromatic carbocycles. The van der Waals surface area contributed by atoms with Crippen LogP contribution in [0, 0.1) is 11.3 Å². The first-order valence-corrected chi connectivity index (χ1v) is 8.95. The van der Waals surface area contributed by atoms with Crippen molar-refractivity contribution in [3.63, 3.8) is 0 Å². The standard InChI is InChI=1S/C19H23N7O2/c1-22-15-11-28-8-7-16(15)26(2)19-23-10-14(17(21)27)18(25-19)24-13-5-3-12(9-20)4-6-13/h3-6,10,15-16,22H,7-8,11H2,1-2H3,(H2,21,27)(H,23,24,25). The molecule has 2 atom stereocenters. The molecular formula is C19H23N7O2. The van der Waals surface area contributed by atoms with Crippen molar-refractivity contribution >= 4 is 23.4 Å². The molecule has 9 nitrogen and oxygen atoms in total. The largest absolute Gasteiger partial charge is 0.380 e. The molecule has 4 N–H and O–H groups in total. The van der Waals surface area contributed by atoms with Gasteiger partial charge in [0.05, 0.1) is 30.3 Å². The third kappa shape index (κ3) is 4.19. The summed E-state index contributed by atoms with van der Waals surface area (Å²) in [4.78, 5) is 22.7. The highest BCUT2D eigenvalue weighted by Crippen LogP contribution is 2.24. The molecule has 0 saturated carbocycles. The van der Waals surface area contributed by atoms with E-state index in [2.05, 4.69) is 26.7 Å². The van der Waals surface area contributed by atoms with E-state index >= 15 is 0 Å². The van der Waals surface area contributed by atoms with Gasteiger partial charge < -0.3 is 26.0 Å². The van der Waals surface area contributed by atoms with Gasteiger partial charge in [0.25, 0.3) is 5.91 Å². The van der Waals surface area contributed by atoms with Crippen molar-refractivity contribution < 1.29 is 9.53 Å². The molecule has 0 spiro atoms. The van der Waals surface area contributed by atoms with Gasteiger partial charge in [-0.25, -0.2) is 4.98 Å². The Balaban J connectivity index is 1.90. The number of nitriles is 1. The zero-order valence-corrected chi connectivity index (χ0v) is 15.8. The van der Waals surface area contributed by atoms with Crippen LogP contribution in [0.1, 0.15) is 22.3 Å². The van der Waals surface area contributed by atoms with Crippen molar-refractivity contribution in [3.8, 4) is 6.07 Å². The normalized spacial score (nSPS) is 18.9. The molecule has 1 saturated heterocycles. The minimum atomic E-state index is -0.621. The van der Waals surface area contributed by atoms with Gasteiger partial charge in [0, 0.05) is 25.5 Å². The summed E-state index contributed by atoms with van der Waals surface area (Å²) in [6, 6.07) is 9.21. The summed E-state index contributed by atoms with van der Waals surface area (Å²) in [6.07, 6.45) is 2.27. The van der Waals surface area contributed by atoms with Crippen molar-refractivity contribution in [2.24, 2.45) is 5.73 Å². The fourth-order valence-electron chi connectivity index (χ4n) is 3.20. The first-order chi connectivity index (χ1) is 13.5. The third-order valence-electron chi connectivity index (χ3n) is 4.82. The van der Waals surface area contributed by atoms with Crippen molar-refractivity contribution in [2.45, 2.75) is 18.5 Å². The number of primary amides is 1. The second-order valence-corrected chi connectivity index (χ2v) is 6.55. The molecule has 1 amide bonds. The van der Waals surface area contributed by atoms with Crippen molar-refractivity contribution in [3.05, 3.63) is 41.6 Å². The highest BCUT2D eigenvalue weighted by atomic mass is 16.5. The lowest BCUT2D eigenvalue weighted by atomic mass is 10.0. The molecule has 0 bridgehead atoms. The Morgan fingerprint density at radius 3 is 2.79 bits per heavy atom. The molecule has 1 aromatic heterocycles. The van der Waals surface area contributed by atoms with Gasteiger partial charge in [0.1, 0.15) is 11.4 Å². The van der Waals surface area contributed by atoms with Crippen molar-refractivity contribution in [1.82, 2.24) is 15.3 Å². The summed E-state index contributed by atoms with van der Waals surface area (Å²) >= 11 is 0. The van der Waals surface area contributed by atoms with E-state index in [1.165, 1.54) is 6.20 Å². The highest BCUT2D eigenvalue weighted by molar-refractivity contribution is 5.98. The predicted molar refractivity (Wildman–Crippen MR) is 105 cm³/mol. The van der Waals surface area contributed by atoms with E-state index in [0.717, 1.165) is 6.42 Å². The number of nitrogens with one attached hydrogen (secondary N) is 2. The fourth-order valence-corrected chi connectivity index (χ4v) is 3.20. The number of nitrogens with zero attached hydrogens (tertiary/aromatic N) is 4. The van der Waals surface area contributed by atoms with E-state index in [0.29, 0.717) is 36.2 Å². The van der Waals surface area contributed by atoms with E-state index in [1.807, 2.05) is 19.0 Å². The van der Waals surface area contributed by atoms with Crippen LogP contribution in [0.15, 0.2) is 30.5 Å². The van der Waals surface area contributed by atoms with Crippen LogP contribution in [0.5, 0.6) is 0 Å². The quantitative estimate of drug-likeness (QED) is 0.676. The summed E-state index contributed by atoms with van der Waals surface area (Å²) in [7, 11) is 3.82. The Morgan fingerprint density at radius 2 is 2.14 bits per heavy atom. The van der Waals surface area contributed by atoms with Crippen LogP contribution in [-0.4, -0.2) is 55.3 Å². The van der Waals surface area contributed by atoms with Crippen LogP contribution in [0.25, 0.3) is 0 Å². The number of amides is 1. The number of carbonyl (C=O) groups is 1. The molecule has 28 heavy (non-hydrogen) atoms. The predicted octanol–water partition coefficient (Wildman–Crippen LogP) is 1.00. The molecular weight excluding hydrogens is 358 g/mol. The molecule has 2 heterocycles. The average Bonchev–Trinajstić information content (AvgIpc) is 2.73. The van der Waals surface area contributed by atoms with E-state index in [9.17, 15) is 4.79 Å². The Hall–Kier alpha value is -3.22. The van der Waals surface area contributed by atoms with E-state index in [1.54, 1.807) is 24.3 Å². The van der Waals surface area contributed by atoms with Gasteiger partial charge in [-0.05, 0) is 37.7 Å². The lowest BCUT2D eigenvalue weighted by Gasteiger charge is -2.37. The minimum absolute atomic E-state index is 0.146. The molecule has 146 valence electrons. The second kappa shape index (κ2) is 8.65. The Morgan fingerprint density at radius 1 is 1.39 bits per heavy atom. The summed E-state index contributed by atoms with van der Waals surface area (Å²) in [5, 5.41) is 15.3. The average molecular weight is 381 g/mol. The lowest BCUT2D eigenvalue weighted by Crippen LogP contribution is -2.53. The lowest BCUT2D eigenvalue weighted by molar-refractivity contribution is 0.0600. The van der Waals surface area contributed by atoms with E-state index in [4.69, 9.17) is 15.7 Å². The Labute approximate surface area is 163 Å². The number of nitrogens with two attached hydrogens (primary N) is 1. The minimum Gasteiger partial charge on any atom is -0.380 e. The summed E-state index contributed by atoms with van der Waals surface area (Å²) in [6.45, 7) is 1.28. The highest BCUT2D eigenvalue weighted by Gasteiger charge is 2.29. The number of likely N-dealkylation sites (N-methyl/N-ethyl adjacent to an activating group) is 2. The van der Waals surface area contributed by atoms with Crippen LogP contribution in [-0.2, 0) is 4.74 Å². The van der Waals surface area contributed by atoms with Crippen LogP contribution < -0.4 is 21.3 Å². The van der Waals surface area contributed by atoms with Gasteiger partial charge in [0.15, 0.2) is 0 Å². The SMILES string of the molecule is CNC1COCCC1N(C)c1ncc(C(N)=O)c(Nc2ccc(C#N)cc2)n1. The number of anilines is 3. The third-order valence-corrected chi connectivity index (χ3v) is 4.82. The topological polar surface area (TPSA) is 129 Å². The zero-order valence-electron chi connectivity index (χ0n) is 15.8. The molecule has 1 aliphatic heterocycles. The maximum Gasteiger partial charge on any atom is 0.254 e. The van der Waals surface area contributed by atoms with Gasteiger partial charge in [0.2, 0.25) is 5.95 Å². The number of aromatic nitrogens is 2. The van der Waals surface area contributed by atoms with E-state index < -0.39 is 5.91 Å². The van der Waals surface area contributed by atoms with Gasteiger partial charge >= 0.3 is 0 Å². The van der Waals surface area contributed by atoms with Crippen LogP contribution in [0.4, 0.5) is 17.5 Å². The molecule has 0 radical (unpaired) electrons. The van der Waals surface area contributed by atoms with Crippen LogP contribution >= 0.6 is 0 Å². The Bertz CT molecular complexity index is 879. The van der Waals surface area contributed by atoms with Gasteiger partial charge in [-0.1, -0.05) is 0 Å². The molecule has 3 rings (SSSR count). The van der Waals surface area contributed by atoms with Crippen molar-refractivity contribution in [2.75, 3.05) is 37.5 Å². The maximum atomic E-state index is 11.8. The monoisotopic (exact) mass is 381 g/mol. The number of ether oxygens (including phenoxy) is 1. The summed E-state index contributed by atoms with van der Waals surface area (Å²) in [5.74, 6) is 0.180. The van der Waals surface area contributed by atoms with Gasteiger partial charge in [-0.3, -0.25) is 4.79 Å². The second-order valence-electron chi connectivity index (χ2n) is 6.55. The molecule has 1 fully saturated rings. The fraction of sp³-hybridized carbons (Fsp3) is 0.368. The first-order valence-electron chi connectivity index (χ1n) is 8.95. The van der Waals surface area contributed by atoms with E-state index in [-0.39, 0.29) is 17.6 Å². The van der Waals surface area contributed by atoms with Crippen LogP contribution in [0.2, 0.25) is 0 Å². The number of hydrogen-bond donors (Lipinski definition) is 3. The summed E-state index contributed by atoms with van der Waals surface area (Å²) < 4.78 is 5.54.